The minimum absolute atomic E-state index is 0.183. The molecule has 2 aromatic carbocycles. The molecule has 1 aliphatic heterocycles. The third-order valence-electron chi connectivity index (χ3n) is 4.65. The van der Waals surface area contributed by atoms with Gasteiger partial charge in [-0.05, 0) is 56.1 Å². The summed E-state index contributed by atoms with van der Waals surface area (Å²) in [6.07, 6.45) is 2.76. The van der Waals surface area contributed by atoms with Crippen LogP contribution in [0.3, 0.4) is 0 Å². The molecule has 0 spiro atoms. The maximum Gasteiger partial charge on any atom is 0.199 e. The number of hydrogen-bond donors (Lipinski definition) is 0. The predicted octanol–water partition coefficient (Wildman–Crippen LogP) is 4.59. The van der Waals surface area contributed by atoms with Gasteiger partial charge in [-0.25, -0.2) is 0 Å². The summed E-state index contributed by atoms with van der Waals surface area (Å²) in [5.74, 6) is 0.245. The number of aryl methyl sites for hydroxylation is 1. The van der Waals surface area contributed by atoms with Crippen molar-refractivity contribution in [1.82, 2.24) is 4.57 Å². The van der Waals surface area contributed by atoms with E-state index >= 15 is 0 Å². The number of para-hydroxylation sites is 2. The lowest BCUT2D eigenvalue weighted by atomic mass is 10.0. The Balaban J connectivity index is 0.000000162. The Hall–Kier alpha value is -2.25. The van der Waals surface area contributed by atoms with E-state index in [1.54, 1.807) is 29.9 Å². The molecule has 28 heavy (non-hydrogen) atoms. The van der Waals surface area contributed by atoms with Crippen molar-refractivity contribution in [3.63, 3.8) is 0 Å². The van der Waals surface area contributed by atoms with Gasteiger partial charge in [-0.1, -0.05) is 12.1 Å². The number of aromatic nitrogens is 1. The molecular formula is C21H18Br2N2O3. The number of Topliss-reactive ketones (excluding diaryl/α,β-unsaturated/α-hetero) is 1. The van der Waals surface area contributed by atoms with Crippen LogP contribution in [0.15, 0.2) is 56.3 Å². The number of carbonyl (C=O) groups excluding carboxylic acids is 2. The van der Waals surface area contributed by atoms with E-state index < -0.39 is 0 Å². The summed E-state index contributed by atoms with van der Waals surface area (Å²) in [5.41, 5.74) is 2.62. The van der Waals surface area contributed by atoms with Crippen LogP contribution in [-0.2, 0) is 7.05 Å². The minimum Gasteiger partial charge on any atom is -0.373 e. The van der Waals surface area contributed by atoms with Gasteiger partial charge in [0.05, 0.1) is 16.8 Å². The Morgan fingerprint density at radius 1 is 1.00 bits per heavy atom. The summed E-state index contributed by atoms with van der Waals surface area (Å²) in [6.45, 7) is 0.814. The fraction of sp³-hybridized carbons (Fsp3) is 0.190. The summed E-state index contributed by atoms with van der Waals surface area (Å²) in [5, 5.41) is 0.552. The first kappa shape index (κ1) is 20.5. The fourth-order valence-electron chi connectivity index (χ4n) is 3.27. The number of ketones is 1. The standard InChI is InChI=1S/C11H8BrNO2.C10H10BrNO/c1-13-5-7(6-14)11(15)8-3-2-4-9(12)10(8)13;1-12-6-5-9(13)7-3-2-4-8(11)10(7)12/h2-6H,1H3;2-4H,5-6H2,1H3. The number of rotatable bonds is 1. The summed E-state index contributed by atoms with van der Waals surface area (Å²) >= 11 is 6.84. The maximum atomic E-state index is 11.8. The number of pyridine rings is 1. The average molecular weight is 506 g/mol. The molecule has 7 heteroatoms. The molecule has 4 rings (SSSR count). The normalized spacial score (nSPS) is 13.0. The molecule has 5 nitrogen and oxygen atoms in total. The van der Waals surface area contributed by atoms with Crippen LogP contribution in [-0.4, -0.2) is 30.2 Å². The van der Waals surface area contributed by atoms with Crippen LogP contribution in [0.4, 0.5) is 5.69 Å². The number of halogens is 2. The van der Waals surface area contributed by atoms with Gasteiger partial charge in [0, 0.05) is 53.2 Å². The molecule has 0 saturated heterocycles. The second-order valence-electron chi connectivity index (χ2n) is 6.51. The molecule has 0 atom stereocenters. The van der Waals surface area contributed by atoms with Gasteiger partial charge in [0.2, 0.25) is 0 Å². The molecule has 144 valence electrons. The second kappa shape index (κ2) is 8.41. The van der Waals surface area contributed by atoms with Gasteiger partial charge < -0.3 is 9.47 Å². The Morgan fingerprint density at radius 2 is 1.68 bits per heavy atom. The zero-order chi connectivity index (χ0) is 20.4. The van der Waals surface area contributed by atoms with E-state index in [9.17, 15) is 14.4 Å². The highest BCUT2D eigenvalue weighted by Gasteiger charge is 2.22. The van der Waals surface area contributed by atoms with Crippen LogP contribution >= 0.6 is 31.9 Å². The van der Waals surface area contributed by atoms with Crippen molar-refractivity contribution in [3.05, 3.63) is 72.9 Å². The van der Waals surface area contributed by atoms with Crippen molar-refractivity contribution in [2.45, 2.75) is 6.42 Å². The largest absolute Gasteiger partial charge is 0.373 e. The molecule has 0 aliphatic carbocycles. The first-order valence-corrected chi connectivity index (χ1v) is 10.2. The smallest absolute Gasteiger partial charge is 0.199 e. The van der Waals surface area contributed by atoms with E-state index in [1.807, 2.05) is 31.3 Å². The maximum absolute atomic E-state index is 11.8. The van der Waals surface area contributed by atoms with Crippen molar-refractivity contribution in [1.29, 1.82) is 0 Å². The summed E-state index contributed by atoms with van der Waals surface area (Å²) in [6, 6.07) is 11.1. The molecule has 0 N–H and O–H groups in total. The second-order valence-corrected chi connectivity index (χ2v) is 8.22. The van der Waals surface area contributed by atoms with Gasteiger partial charge in [0.25, 0.3) is 0 Å². The average Bonchev–Trinajstić information content (AvgIpc) is 2.68. The Kier molecular flexibility index (Phi) is 6.15. The van der Waals surface area contributed by atoms with Gasteiger partial charge >= 0.3 is 0 Å². The van der Waals surface area contributed by atoms with Gasteiger partial charge in [-0.2, -0.15) is 0 Å². The van der Waals surface area contributed by atoms with Crippen LogP contribution in [0.25, 0.3) is 10.9 Å². The molecule has 0 unspecified atom stereocenters. The third-order valence-corrected chi connectivity index (χ3v) is 5.93. The quantitative estimate of drug-likeness (QED) is 0.454. The Labute approximate surface area is 179 Å². The van der Waals surface area contributed by atoms with Crippen LogP contribution in [0.2, 0.25) is 0 Å². The van der Waals surface area contributed by atoms with E-state index in [4.69, 9.17) is 0 Å². The number of aldehydes is 1. The molecule has 1 aliphatic rings. The number of benzene rings is 2. The van der Waals surface area contributed by atoms with Gasteiger partial charge in [-0.15, -0.1) is 0 Å². The van der Waals surface area contributed by atoms with E-state index in [-0.39, 0.29) is 16.8 Å². The Morgan fingerprint density at radius 3 is 2.36 bits per heavy atom. The number of anilines is 1. The molecular weight excluding hydrogens is 488 g/mol. The number of hydrogen-bond acceptors (Lipinski definition) is 4. The van der Waals surface area contributed by atoms with E-state index in [1.165, 1.54) is 0 Å². The topological polar surface area (TPSA) is 59.4 Å². The number of carbonyl (C=O) groups is 2. The van der Waals surface area contributed by atoms with Gasteiger partial charge in [0.15, 0.2) is 17.5 Å². The van der Waals surface area contributed by atoms with Crippen LogP contribution in [0, 0.1) is 0 Å². The summed E-state index contributed by atoms with van der Waals surface area (Å²) in [4.78, 5) is 36.1. The highest BCUT2D eigenvalue weighted by atomic mass is 79.9. The minimum atomic E-state index is -0.223. The predicted molar refractivity (Wildman–Crippen MR) is 119 cm³/mol. The molecule has 2 heterocycles. The van der Waals surface area contributed by atoms with Crippen molar-refractivity contribution in [2.75, 3.05) is 18.5 Å². The monoisotopic (exact) mass is 504 g/mol. The lowest BCUT2D eigenvalue weighted by Gasteiger charge is -2.27. The lowest BCUT2D eigenvalue weighted by Crippen LogP contribution is -2.28. The van der Waals surface area contributed by atoms with Gasteiger partial charge in [0.1, 0.15) is 0 Å². The van der Waals surface area contributed by atoms with Crippen molar-refractivity contribution in [2.24, 2.45) is 7.05 Å². The first-order chi connectivity index (χ1) is 13.3. The molecule has 0 bridgehead atoms. The molecule has 1 aromatic heterocycles. The first-order valence-electron chi connectivity index (χ1n) is 8.61. The van der Waals surface area contributed by atoms with Crippen LogP contribution in [0.1, 0.15) is 27.1 Å². The third kappa shape index (κ3) is 3.82. The molecule has 0 fully saturated rings. The molecule has 0 amide bonds. The van der Waals surface area contributed by atoms with E-state index in [2.05, 4.69) is 36.8 Å². The van der Waals surface area contributed by atoms with Gasteiger partial charge in [-0.3, -0.25) is 14.4 Å². The number of fused-ring (bicyclic) bond motifs is 2. The molecule has 3 aromatic rings. The van der Waals surface area contributed by atoms with E-state index in [0.29, 0.717) is 18.1 Å². The molecule has 0 saturated carbocycles. The summed E-state index contributed by atoms with van der Waals surface area (Å²) < 4.78 is 3.61. The zero-order valence-corrected chi connectivity index (χ0v) is 18.6. The summed E-state index contributed by atoms with van der Waals surface area (Å²) in [7, 11) is 3.82. The Bertz CT molecular complexity index is 1140. The van der Waals surface area contributed by atoms with Crippen molar-refractivity contribution >= 4 is 60.5 Å². The lowest BCUT2D eigenvalue weighted by molar-refractivity contribution is 0.0980. The number of nitrogens with zero attached hydrogens (tertiary/aromatic N) is 2. The van der Waals surface area contributed by atoms with Crippen molar-refractivity contribution in [3.8, 4) is 0 Å². The highest BCUT2D eigenvalue weighted by molar-refractivity contribution is 9.11. The van der Waals surface area contributed by atoms with Crippen LogP contribution < -0.4 is 10.3 Å². The van der Waals surface area contributed by atoms with Crippen molar-refractivity contribution < 1.29 is 9.59 Å². The van der Waals surface area contributed by atoms with E-state index in [0.717, 1.165) is 32.3 Å². The van der Waals surface area contributed by atoms with Crippen LogP contribution in [0.5, 0.6) is 0 Å². The fourth-order valence-corrected chi connectivity index (χ4v) is 4.59. The SMILES string of the molecule is CN1CCC(=O)c2cccc(Br)c21.Cn1cc(C=O)c(=O)c2cccc(Br)c21. The molecule has 0 radical (unpaired) electrons. The highest BCUT2D eigenvalue weighted by Crippen LogP contribution is 2.33. The zero-order valence-electron chi connectivity index (χ0n) is 15.4.